The van der Waals surface area contributed by atoms with Gasteiger partial charge < -0.3 is 11.1 Å². The van der Waals surface area contributed by atoms with Crippen molar-refractivity contribution in [1.82, 2.24) is 0 Å². The third-order valence-electron chi connectivity index (χ3n) is 2.06. The van der Waals surface area contributed by atoms with E-state index in [-0.39, 0.29) is 0 Å². The Kier molecular flexibility index (Phi) is 3.18. The first-order valence-corrected chi connectivity index (χ1v) is 4.75. The van der Waals surface area contributed by atoms with Gasteiger partial charge in [0.2, 0.25) is 0 Å². The van der Waals surface area contributed by atoms with Crippen LogP contribution in [-0.4, -0.2) is 6.54 Å². The van der Waals surface area contributed by atoms with Crippen molar-refractivity contribution in [3.63, 3.8) is 0 Å². The Hall–Kier alpha value is -1.18. The van der Waals surface area contributed by atoms with Crippen LogP contribution in [0.25, 0.3) is 0 Å². The van der Waals surface area contributed by atoms with Crippen molar-refractivity contribution in [3.05, 3.63) is 23.3 Å². The van der Waals surface area contributed by atoms with E-state index in [9.17, 15) is 0 Å². The lowest BCUT2D eigenvalue weighted by molar-refractivity contribution is 0.978. The summed E-state index contributed by atoms with van der Waals surface area (Å²) in [5.41, 5.74) is 10.3. The number of aryl methyl sites for hydroxylation is 2. The van der Waals surface area contributed by atoms with Crippen LogP contribution in [0.3, 0.4) is 0 Å². The maximum Gasteiger partial charge on any atom is 0.0603 e. The van der Waals surface area contributed by atoms with Gasteiger partial charge in [-0.2, -0.15) is 0 Å². The zero-order valence-corrected chi connectivity index (χ0v) is 8.65. The topological polar surface area (TPSA) is 38.0 Å². The van der Waals surface area contributed by atoms with E-state index in [0.717, 1.165) is 24.3 Å². The monoisotopic (exact) mass is 178 g/mol. The molecule has 0 bridgehead atoms. The predicted molar refractivity (Wildman–Crippen MR) is 59.1 cm³/mol. The van der Waals surface area contributed by atoms with Gasteiger partial charge >= 0.3 is 0 Å². The maximum atomic E-state index is 5.90. The highest BCUT2D eigenvalue weighted by atomic mass is 14.9. The molecule has 0 saturated heterocycles. The van der Waals surface area contributed by atoms with E-state index in [4.69, 9.17) is 5.73 Å². The molecule has 72 valence electrons. The van der Waals surface area contributed by atoms with Gasteiger partial charge in [-0.1, -0.05) is 13.0 Å². The summed E-state index contributed by atoms with van der Waals surface area (Å²) in [6, 6.07) is 4.15. The van der Waals surface area contributed by atoms with Crippen LogP contribution in [0, 0.1) is 13.8 Å². The first kappa shape index (κ1) is 9.90. The number of benzene rings is 1. The van der Waals surface area contributed by atoms with Crippen molar-refractivity contribution in [2.45, 2.75) is 27.2 Å². The molecule has 0 aliphatic heterocycles. The van der Waals surface area contributed by atoms with Gasteiger partial charge in [0.15, 0.2) is 0 Å². The highest BCUT2D eigenvalue weighted by Gasteiger charge is 2.02. The minimum absolute atomic E-state index is 0.853. The zero-order chi connectivity index (χ0) is 9.84. The van der Waals surface area contributed by atoms with Crippen molar-refractivity contribution >= 4 is 11.4 Å². The average Bonchev–Trinajstić information content (AvgIpc) is 2.02. The summed E-state index contributed by atoms with van der Waals surface area (Å²) in [7, 11) is 0. The molecule has 1 aromatic rings. The number of nitrogen functional groups attached to an aromatic ring is 1. The van der Waals surface area contributed by atoms with E-state index < -0.39 is 0 Å². The Labute approximate surface area is 80.1 Å². The molecule has 0 atom stereocenters. The molecule has 0 fully saturated rings. The third-order valence-corrected chi connectivity index (χ3v) is 2.06. The normalized spacial score (nSPS) is 10.1. The smallest absolute Gasteiger partial charge is 0.0603 e. The first-order valence-electron chi connectivity index (χ1n) is 4.75. The minimum Gasteiger partial charge on any atom is -0.397 e. The maximum absolute atomic E-state index is 5.90. The van der Waals surface area contributed by atoms with Crippen LogP contribution in [0.5, 0.6) is 0 Å². The Balaban J connectivity index is 2.92. The third kappa shape index (κ3) is 2.38. The van der Waals surface area contributed by atoms with Crippen LogP contribution in [0.15, 0.2) is 12.1 Å². The van der Waals surface area contributed by atoms with Crippen LogP contribution < -0.4 is 11.1 Å². The number of nitrogens with one attached hydrogen (secondary N) is 1. The van der Waals surface area contributed by atoms with Gasteiger partial charge in [0, 0.05) is 6.54 Å². The van der Waals surface area contributed by atoms with E-state index in [1.807, 2.05) is 6.07 Å². The van der Waals surface area contributed by atoms with E-state index in [1.54, 1.807) is 0 Å². The van der Waals surface area contributed by atoms with Gasteiger partial charge in [-0.05, 0) is 37.5 Å². The lowest BCUT2D eigenvalue weighted by Crippen LogP contribution is -2.05. The van der Waals surface area contributed by atoms with E-state index in [1.165, 1.54) is 11.1 Å². The van der Waals surface area contributed by atoms with Gasteiger partial charge in [-0.25, -0.2) is 0 Å². The molecule has 3 N–H and O–H groups in total. The Bertz CT molecular complexity index is 269. The Morgan fingerprint density at radius 3 is 2.54 bits per heavy atom. The fourth-order valence-corrected chi connectivity index (χ4v) is 1.49. The summed E-state index contributed by atoms with van der Waals surface area (Å²) in [4.78, 5) is 0. The second-order valence-corrected chi connectivity index (χ2v) is 3.47. The molecule has 0 radical (unpaired) electrons. The molecule has 0 amide bonds. The molecule has 2 heteroatoms. The lowest BCUT2D eigenvalue weighted by Gasteiger charge is -2.12. The van der Waals surface area contributed by atoms with Crippen LogP contribution in [0.2, 0.25) is 0 Å². The second kappa shape index (κ2) is 4.17. The Morgan fingerprint density at radius 1 is 1.31 bits per heavy atom. The van der Waals surface area contributed by atoms with E-state index >= 15 is 0 Å². The fourth-order valence-electron chi connectivity index (χ4n) is 1.49. The lowest BCUT2D eigenvalue weighted by atomic mass is 10.1. The van der Waals surface area contributed by atoms with E-state index in [2.05, 4.69) is 32.2 Å². The number of anilines is 2. The SMILES string of the molecule is CCCNc1c(C)cc(C)cc1N. The highest BCUT2D eigenvalue weighted by Crippen LogP contribution is 2.24. The van der Waals surface area contributed by atoms with Gasteiger partial charge in [0.25, 0.3) is 0 Å². The standard InChI is InChI=1S/C11H18N2/c1-4-5-13-11-9(3)6-8(2)7-10(11)12/h6-7,13H,4-5,12H2,1-3H3. The summed E-state index contributed by atoms with van der Waals surface area (Å²) in [5.74, 6) is 0. The summed E-state index contributed by atoms with van der Waals surface area (Å²) in [6.07, 6.45) is 1.12. The summed E-state index contributed by atoms with van der Waals surface area (Å²) in [6.45, 7) is 7.27. The van der Waals surface area contributed by atoms with Crippen molar-refractivity contribution in [2.24, 2.45) is 0 Å². The molecule has 1 aromatic carbocycles. The van der Waals surface area contributed by atoms with Crippen LogP contribution >= 0.6 is 0 Å². The van der Waals surface area contributed by atoms with Gasteiger partial charge in [-0.15, -0.1) is 0 Å². The molecular formula is C11H18N2. The molecular weight excluding hydrogens is 160 g/mol. The highest BCUT2D eigenvalue weighted by molar-refractivity contribution is 5.71. The molecule has 13 heavy (non-hydrogen) atoms. The van der Waals surface area contributed by atoms with Gasteiger partial charge in [0.1, 0.15) is 0 Å². The average molecular weight is 178 g/mol. The summed E-state index contributed by atoms with van der Waals surface area (Å²) in [5, 5.41) is 3.33. The summed E-state index contributed by atoms with van der Waals surface area (Å²) >= 11 is 0. The molecule has 1 rings (SSSR count). The van der Waals surface area contributed by atoms with Crippen LogP contribution in [0.4, 0.5) is 11.4 Å². The van der Waals surface area contributed by atoms with Crippen molar-refractivity contribution in [1.29, 1.82) is 0 Å². The van der Waals surface area contributed by atoms with E-state index in [0.29, 0.717) is 0 Å². The molecule has 0 heterocycles. The number of rotatable bonds is 3. The molecule has 0 spiro atoms. The summed E-state index contributed by atoms with van der Waals surface area (Å²) < 4.78 is 0. The number of hydrogen-bond acceptors (Lipinski definition) is 2. The quantitative estimate of drug-likeness (QED) is 0.698. The molecule has 0 aromatic heterocycles. The fraction of sp³-hybridized carbons (Fsp3) is 0.455. The molecule has 0 aliphatic rings. The number of nitrogens with two attached hydrogens (primary N) is 1. The molecule has 2 nitrogen and oxygen atoms in total. The molecule has 0 saturated carbocycles. The van der Waals surface area contributed by atoms with Gasteiger partial charge in [0.05, 0.1) is 11.4 Å². The van der Waals surface area contributed by atoms with Crippen molar-refractivity contribution < 1.29 is 0 Å². The van der Waals surface area contributed by atoms with Crippen molar-refractivity contribution in [3.8, 4) is 0 Å². The number of hydrogen-bond donors (Lipinski definition) is 2. The predicted octanol–water partition coefficient (Wildman–Crippen LogP) is 2.71. The van der Waals surface area contributed by atoms with Crippen LogP contribution in [0.1, 0.15) is 24.5 Å². The van der Waals surface area contributed by atoms with Crippen LogP contribution in [-0.2, 0) is 0 Å². The minimum atomic E-state index is 0.853. The second-order valence-electron chi connectivity index (χ2n) is 3.47. The largest absolute Gasteiger partial charge is 0.397 e. The molecule has 0 unspecified atom stereocenters. The Morgan fingerprint density at radius 2 is 2.00 bits per heavy atom. The zero-order valence-electron chi connectivity index (χ0n) is 8.65. The van der Waals surface area contributed by atoms with Crippen molar-refractivity contribution in [2.75, 3.05) is 17.6 Å². The molecule has 0 aliphatic carbocycles. The van der Waals surface area contributed by atoms with Gasteiger partial charge in [-0.3, -0.25) is 0 Å². The first-order chi connectivity index (χ1) is 6.15.